The molecule has 1 rings (SSSR count). The van der Waals surface area contributed by atoms with Gasteiger partial charge in [0.2, 0.25) is 5.91 Å². The number of carbonyl (C=O) groups excluding carboxylic acids is 1. The largest absolute Gasteiger partial charge is 0.405 e. The van der Waals surface area contributed by atoms with Crippen LogP contribution in [-0.2, 0) is 4.79 Å². The first-order valence-electron chi connectivity index (χ1n) is 6.51. The first kappa shape index (κ1) is 16.2. The van der Waals surface area contributed by atoms with E-state index in [1.54, 1.807) is 0 Å². The summed E-state index contributed by atoms with van der Waals surface area (Å²) in [6.07, 6.45) is 0.0443. The lowest BCUT2D eigenvalue weighted by Gasteiger charge is -2.38. The lowest BCUT2D eigenvalue weighted by atomic mass is 9.82. The molecule has 1 aliphatic carbocycles. The molecule has 3 N–H and O–H groups in total. The fourth-order valence-corrected chi connectivity index (χ4v) is 2.44. The Kier molecular flexibility index (Phi) is 5.61. The lowest BCUT2D eigenvalue weighted by molar-refractivity contribution is -0.139. The van der Waals surface area contributed by atoms with Crippen molar-refractivity contribution in [3.8, 4) is 0 Å². The van der Waals surface area contributed by atoms with Gasteiger partial charge in [-0.2, -0.15) is 13.2 Å². The van der Waals surface area contributed by atoms with Gasteiger partial charge in [-0.05, 0) is 19.8 Å². The van der Waals surface area contributed by atoms with Crippen LogP contribution in [-0.4, -0.2) is 41.9 Å². The van der Waals surface area contributed by atoms with Crippen molar-refractivity contribution in [3.63, 3.8) is 0 Å². The highest BCUT2D eigenvalue weighted by atomic mass is 19.4. The molecular formula is C12H21F3N2O2. The zero-order chi connectivity index (χ0) is 14.5. The molecule has 1 amide bonds. The van der Waals surface area contributed by atoms with E-state index in [-0.39, 0.29) is 6.61 Å². The maximum absolute atomic E-state index is 12.0. The van der Waals surface area contributed by atoms with E-state index in [0.717, 1.165) is 32.1 Å². The Morgan fingerprint density at radius 2 is 1.89 bits per heavy atom. The van der Waals surface area contributed by atoms with Crippen LogP contribution in [0.2, 0.25) is 0 Å². The van der Waals surface area contributed by atoms with E-state index in [9.17, 15) is 23.1 Å². The predicted octanol–water partition coefficient (Wildman–Crippen LogP) is 1.34. The van der Waals surface area contributed by atoms with Crippen LogP contribution in [0.5, 0.6) is 0 Å². The van der Waals surface area contributed by atoms with Crippen molar-refractivity contribution in [3.05, 3.63) is 0 Å². The quantitative estimate of drug-likeness (QED) is 0.713. The van der Waals surface area contributed by atoms with Gasteiger partial charge in [-0.1, -0.05) is 19.3 Å². The van der Waals surface area contributed by atoms with Gasteiger partial charge in [0, 0.05) is 5.54 Å². The van der Waals surface area contributed by atoms with Gasteiger partial charge in [0.15, 0.2) is 0 Å². The number of hydrogen-bond donors (Lipinski definition) is 3. The zero-order valence-electron chi connectivity index (χ0n) is 11.0. The molecule has 4 nitrogen and oxygen atoms in total. The van der Waals surface area contributed by atoms with Crippen LogP contribution in [0.1, 0.15) is 39.0 Å². The average molecular weight is 282 g/mol. The van der Waals surface area contributed by atoms with Gasteiger partial charge in [-0.25, -0.2) is 0 Å². The average Bonchev–Trinajstić information content (AvgIpc) is 2.36. The molecule has 0 aromatic carbocycles. The van der Waals surface area contributed by atoms with Crippen molar-refractivity contribution in [1.82, 2.24) is 10.6 Å². The number of halogens is 3. The topological polar surface area (TPSA) is 61.4 Å². The van der Waals surface area contributed by atoms with Crippen molar-refractivity contribution >= 4 is 5.91 Å². The fourth-order valence-electron chi connectivity index (χ4n) is 2.44. The molecule has 0 radical (unpaired) electrons. The second-order valence-corrected chi connectivity index (χ2v) is 5.20. The third kappa shape index (κ3) is 5.36. The first-order valence-corrected chi connectivity index (χ1v) is 6.51. The maximum Gasteiger partial charge on any atom is 0.405 e. The molecule has 1 aliphatic rings. The van der Waals surface area contributed by atoms with Crippen LogP contribution in [0.15, 0.2) is 0 Å². The summed E-state index contributed by atoms with van der Waals surface area (Å²) >= 11 is 0. The molecule has 0 bridgehead atoms. The summed E-state index contributed by atoms with van der Waals surface area (Å²) in [6.45, 7) is 0.0750. The summed E-state index contributed by atoms with van der Waals surface area (Å²) in [5, 5.41) is 14.3. The van der Waals surface area contributed by atoms with Gasteiger partial charge >= 0.3 is 6.18 Å². The van der Waals surface area contributed by atoms with Crippen LogP contribution in [0.3, 0.4) is 0 Å². The molecule has 19 heavy (non-hydrogen) atoms. The molecule has 0 aromatic rings. The normalized spacial score (nSPS) is 20.9. The molecule has 112 valence electrons. The Hall–Kier alpha value is -0.820. The van der Waals surface area contributed by atoms with Crippen LogP contribution < -0.4 is 10.6 Å². The summed E-state index contributed by atoms with van der Waals surface area (Å²) in [7, 11) is 0. The Balaban J connectivity index is 2.47. The maximum atomic E-state index is 12.0. The van der Waals surface area contributed by atoms with E-state index in [1.807, 2.05) is 5.32 Å². The highest BCUT2D eigenvalue weighted by molar-refractivity contribution is 5.81. The van der Waals surface area contributed by atoms with E-state index in [1.165, 1.54) is 6.92 Å². The lowest BCUT2D eigenvalue weighted by Crippen LogP contribution is -2.57. The van der Waals surface area contributed by atoms with Gasteiger partial charge in [-0.15, -0.1) is 0 Å². The zero-order valence-corrected chi connectivity index (χ0v) is 11.0. The van der Waals surface area contributed by atoms with Gasteiger partial charge < -0.3 is 10.4 Å². The Labute approximate surface area is 110 Å². The Bertz CT molecular complexity index is 302. The third-order valence-corrected chi connectivity index (χ3v) is 3.49. The standard InChI is InChI=1S/C12H21F3N2O2/c1-9(10(19)16-7-12(13,14)15)17-11(8-18)5-3-2-4-6-11/h9,17-18H,2-8H2,1H3,(H,16,19). The molecule has 0 aliphatic heterocycles. The van der Waals surface area contributed by atoms with E-state index < -0.39 is 30.2 Å². The number of alkyl halides is 3. The summed E-state index contributed by atoms with van der Waals surface area (Å²) in [4.78, 5) is 11.6. The van der Waals surface area contributed by atoms with E-state index >= 15 is 0 Å². The van der Waals surface area contributed by atoms with Crippen molar-refractivity contribution in [2.75, 3.05) is 13.2 Å². The molecule has 1 atom stereocenters. The molecule has 1 saturated carbocycles. The van der Waals surface area contributed by atoms with Gasteiger partial charge in [0.25, 0.3) is 0 Å². The fraction of sp³-hybridized carbons (Fsp3) is 0.917. The number of amides is 1. The molecule has 0 saturated heterocycles. The highest BCUT2D eigenvalue weighted by Gasteiger charge is 2.35. The third-order valence-electron chi connectivity index (χ3n) is 3.49. The summed E-state index contributed by atoms with van der Waals surface area (Å²) in [5.41, 5.74) is -0.534. The molecule has 0 heterocycles. The Morgan fingerprint density at radius 3 is 2.37 bits per heavy atom. The minimum absolute atomic E-state index is 0.107. The van der Waals surface area contributed by atoms with Gasteiger partial charge in [0.05, 0.1) is 12.6 Å². The SMILES string of the molecule is CC(NC1(CO)CCCCC1)C(=O)NCC(F)(F)F. The number of nitrogens with one attached hydrogen (secondary N) is 2. The van der Waals surface area contributed by atoms with Crippen LogP contribution >= 0.6 is 0 Å². The van der Waals surface area contributed by atoms with Gasteiger partial charge in [0.1, 0.15) is 6.54 Å². The Morgan fingerprint density at radius 1 is 1.32 bits per heavy atom. The van der Waals surface area contributed by atoms with E-state index in [4.69, 9.17) is 0 Å². The summed E-state index contributed by atoms with van der Waals surface area (Å²) < 4.78 is 36.0. The van der Waals surface area contributed by atoms with Crippen molar-refractivity contribution < 1.29 is 23.1 Å². The summed E-state index contributed by atoms with van der Waals surface area (Å²) in [6, 6.07) is -0.757. The minimum atomic E-state index is -4.41. The number of rotatable bonds is 5. The molecule has 1 unspecified atom stereocenters. The van der Waals surface area contributed by atoms with Crippen LogP contribution in [0, 0.1) is 0 Å². The van der Waals surface area contributed by atoms with Crippen molar-refractivity contribution in [2.24, 2.45) is 0 Å². The molecule has 0 aromatic heterocycles. The molecule has 1 fully saturated rings. The van der Waals surface area contributed by atoms with Crippen molar-refractivity contribution in [1.29, 1.82) is 0 Å². The highest BCUT2D eigenvalue weighted by Crippen LogP contribution is 2.28. The minimum Gasteiger partial charge on any atom is -0.394 e. The molecule has 0 spiro atoms. The number of aliphatic hydroxyl groups excluding tert-OH is 1. The molecule has 7 heteroatoms. The van der Waals surface area contributed by atoms with E-state index in [0.29, 0.717) is 0 Å². The predicted molar refractivity (Wildman–Crippen MR) is 64.6 cm³/mol. The van der Waals surface area contributed by atoms with Gasteiger partial charge in [-0.3, -0.25) is 10.1 Å². The molecular weight excluding hydrogens is 261 g/mol. The van der Waals surface area contributed by atoms with Crippen molar-refractivity contribution in [2.45, 2.75) is 56.8 Å². The van der Waals surface area contributed by atoms with Crippen LogP contribution in [0.25, 0.3) is 0 Å². The number of hydrogen-bond acceptors (Lipinski definition) is 3. The first-order chi connectivity index (χ1) is 8.78. The summed E-state index contributed by atoms with van der Waals surface area (Å²) in [5.74, 6) is -0.698. The second-order valence-electron chi connectivity index (χ2n) is 5.20. The second kappa shape index (κ2) is 6.56. The van der Waals surface area contributed by atoms with E-state index in [2.05, 4.69) is 5.32 Å². The number of carbonyl (C=O) groups is 1. The smallest absolute Gasteiger partial charge is 0.394 e. The number of aliphatic hydroxyl groups is 1. The monoisotopic (exact) mass is 282 g/mol. The van der Waals surface area contributed by atoms with Crippen LogP contribution in [0.4, 0.5) is 13.2 Å².